The largest absolute Gasteiger partial charge is 0.507 e. The van der Waals surface area contributed by atoms with Crippen molar-refractivity contribution in [3.63, 3.8) is 0 Å². The molecule has 3 aromatic carbocycles. The number of phenols is 1. The molecule has 1 aliphatic rings. The van der Waals surface area contributed by atoms with E-state index in [0.29, 0.717) is 65.3 Å². The average molecular weight is 640 g/mol. The zero-order chi connectivity index (χ0) is 33.3. The molecular formula is C33H33N7O7. The van der Waals surface area contributed by atoms with Gasteiger partial charge in [-0.15, -0.1) is 0 Å². The van der Waals surface area contributed by atoms with Crippen LogP contribution in [0.25, 0.3) is 11.0 Å². The van der Waals surface area contributed by atoms with Gasteiger partial charge in [0, 0.05) is 71.9 Å². The van der Waals surface area contributed by atoms with E-state index < -0.39 is 11.7 Å². The third kappa shape index (κ3) is 9.09. The highest BCUT2D eigenvalue weighted by molar-refractivity contribution is 6.00. The first-order valence-electron chi connectivity index (χ1n) is 14.7. The van der Waals surface area contributed by atoms with Gasteiger partial charge in [-0.2, -0.15) is 5.10 Å². The summed E-state index contributed by atoms with van der Waals surface area (Å²) >= 11 is 0. The number of nitrogens with one attached hydrogen (secondary N) is 4. The third-order valence-electron chi connectivity index (χ3n) is 7.42. The van der Waals surface area contributed by atoms with Crippen LogP contribution >= 0.6 is 0 Å². The molecule has 1 saturated heterocycles. The van der Waals surface area contributed by atoms with Gasteiger partial charge in [0.25, 0.3) is 5.91 Å². The van der Waals surface area contributed by atoms with Gasteiger partial charge >= 0.3 is 11.7 Å². The normalized spacial score (nSPS) is 13.7. The van der Waals surface area contributed by atoms with Crippen molar-refractivity contribution in [3.8, 4) is 5.75 Å². The molecule has 0 radical (unpaired) electrons. The maximum Gasteiger partial charge on any atom is 0.336 e. The summed E-state index contributed by atoms with van der Waals surface area (Å²) in [5.41, 5.74) is 5.45. The van der Waals surface area contributed by atoms with Crippen LogP contribution in [0.3, 0.4) is 0 Å². The van der Waals surface area contributed by atoms with Gasteiger partial charge in [-0.05, 0) is 67.1 Å². The number of benzene rings is 3. The molecule has 242 valence electrons. The summed E-state index contributed by atoms with van der Waals surface area (Å²) in [5.74, 6) is -0.644. The maximum absolute atomic E-state index is 12.6. The number of piperazine rings is 1. The van der Waals surface area contributed by atoms with E-state index in [4.69, 9.17) is 4.42 Å². The third-order valence-corrected chi connectivity index (χ3v) is 7.42. The van der Waals surface area contributed by atoms with Crippen molar-refractivity contribution in [1.29, 1.82) is 0 Å². The van der Waals surface area contributed by atoms with Crippen molar-refractivity contribution in [3.05, 3.63) is 93.8 Å². The number of hydrazone groups is 1. The van der Waals surface area contributed by atoms with Gasteiger partial charge in [-0.25, -0.2) is 15.0 Å². The van der Waals surface area contributed by atoms with E-state index in [0.717, 1.165) is 6.29 Å². The molecule has 5 N–H and O–H groups in total. The zero-order valence-electron chi connectivity index (χ0n) is 25.5. The number of carbonyl (C=O) groups is 4. The number of aldehydes is 1. The molecule has 4 aromatic rings. The molecule has 0 spiro atoms. The molecule has 14 heteroatoms. The number of carbonyl (C=O) groups excluding carboxylic acids is 4. The average Bonchev–Trinajstić information content (AvgIpc) is 3.03. The monoisotopic (exact) mass is 639 g/mol. The van der Waals surface area contributed by atoms with Crippen molar-refractivity contribution >= 4 is 58.4 Å². The van der Waals surface area contributed by atoms with Crippen LogP contribution in [0.1, 0.15) is 21.5 Å². The van der Waals surface area contributed by atoms with Crippen LogP contribution in [0.15, 0.2) is 81.0 Å². The summed E-state index contributed by atoms with van der Waals surface area (Å²) in [4.78, 5) is 63.6. The first-order valence-corrected chi connectivity index (χ1v) is 14.7. The Balaban J connectivity index is 1.01. The van der Waals surface area contributed by atoms with Crippen molar-refractivity contribution in [2.45, 2.75) is 6.92 Å². The van der Waals surface area contributed by atoms with E-state index >= 15 is 0 Å². The second-order valence-electron chi connectivity index (χ2n) is 10.9. The van der Waals surface area contributed by atoms with Gasteiger partial charge in [0.05, 0.1) is 19.3 Å². The molecule has 0 saturated carbocycles. The summed E-state index contributed by atoms with van der Waals surface area (Å²) < 4.78 is 5.11. The molecule has 2 heterocycles. The number of hydrogen-bond acceptors (Lipinski definition) is 10. The highest BCUT2D eigenvalue weighted by atomic mass is 16.4. The molecule has 47 heavy (non-hydrogen) atoms. The van der Waals surface area contributed by atoms with Gasteiger partial charge in [-0.1, -0.05) is 0 Å². The van der Waals surface area contributed by atoms with E-state index in [2.05, 4.69) is 26.5 Å². The summed E-state index contributed by atoms with van der Waals surface area (Å²) in [6, 6.07) is 17.1. The van der Waals surface area contributed by atoms with E-state index in [1.54, 1.807) is 61.5 Å². The second-order valence-corrected chi connectivity index (χ2v) is 10.9. The lowest BCUT2D eigenvalue weighted by atomic mass is 10.1. The summed E-state index contributed by atoms with van der Waals surface area (Å²) in [5, 5.41) is 23.1. The van der Waals surface area contributed by atoms with E-state index in [1.807, 2.05) is 9.80 Å². The van der Waals surface area contributed by atoms with Crippen LogP contribution in [-0.4, -0.2) is 84.5 Å². The van der Waals surface area contributed by atoms with Crippen molar-refractivity contribution in [2.75, 3.05) is 55.2 Å². The zero-order valence-corrected chi connectivity index (χ0v) is 25.5. The topological polar surface area (TPSA) is 186 Å². The number of amides is 4. The van der Waals surface area contributed by atoms with Gasteiger partial charge in [0.2, 0.25) is 5.91 Å². The van der Waals surface area contributed by atoms with Gasteiger partial charge in [-0.3, -0.25) is 24.2 Å². The van der Waals surface area contributed by atoms with E-state index in [-0.39, 0.29) is 36.2 Å². The minimum absolute atomic E-state index is 0.121. The van der Waals surface area contributed by atoms with Crippen LogP contribution in [0.5, 0.6) is 5.75 Å². The highest BCUT2D eigenvalue weighted by Crippen LogP contribution is 2.25. The number of aromatic hydroxyl groups is 1. The Labute approximate surface area is 269 Å². The first-order chi connectivity index (χ1) is 22.6. The fourth-order valence-corrected chi connectivity index (χ4v) is 4.97. The minimum Gasteiger partial charge on any atom is -0.507 e. The molecule has 1 fully saturated rings. The Morgan fingerprint density at radius 1 is 0.830 bits per heavy atom. The molecule has 4 amide bonds. The molecule has 5 rings (SSSR count). The number of phenolic OH excluding ortho intramolecular Hbond substituents is 1. The van der Waals surface area contributed by atoms with Gasteiger partial charge in [0.1, 0.15) is 17.6 Å². The summed E-state index contributed by atoms with van der Waals surface area (Å²) in [6.45, 7) is 4.44. The maximum atomic E-state index is 12.6. The molecule has 0 aliphatic carbocycles. The number of hydrogen-bond donors (Lipinski definition) is 5. The lowest BCUT2D eigenvalue weighted by Gasteiger charge is -2.33. The Bertz CT molecular complexity index is 1860. The smallest absolute Gasteiger partial charge is 0.336 e. The molecule has 0 bridgehead atoms. The van der Waals surface area contributed by atoms with E-state index in [9.17, 15) is 29.1 Å². The van der Waals surface area contributed by atoms with Crippen LogP contribution in [0.2, 0.25) is 0 Å². The van der Waals surface area contributed by atoms with E-state index in [1.165, 1.54) is 18.3 Å². The Morgan fingerprint density at radius 3 is 1.98 bits per heavy atom. The van der Waals surface area contributed by atoms with Crippen LogP contribution < -0.4 is 27.0 Å². The fourth-order valence-electron chi connectivity index (χ4n) is 4.97. The van der Waals surface area contributed by atoms with Crippen molar-refractivity contribution in [1.82, 2.24) is 15.2 Å². The summed E-state index contributed by atoms with van der Waals surface area (Å²) in [7, 11) is 0. The molecule has 0 unspecified atom stereocenters. The van der Waals surface area contributed by atoms with Crippen LogP contribution in [0.4, 0.5) is 21.9 Å². The number of aryl methyl sites for hydroxylation is 1. The van der Waals surface area contributed by atoms with Crippen molar-refractivity contribution < 1.29 is 28.7 Å². The van der Waals surface area contributed by atoms with Gasteiger partial charge < -0.3 is 25.5 Å². The first kappa shape index (κ1) is 32.5. The second kappa shape index (κ2) is 14.9. The van der Waals surface area contributed by atoms with Crippen LogP contribution in [0, 0.1) is 6.92 Å². The lowest BCUT2D eigenvalue weighted by molar-refractivity contribution is -0.123. The predicted molar refractivity (Wildman–Crippen MR) is 177 cm³/mol. The number of fused-ring (bicyclic) bond motifs is 1. The minimum atomic E-state index is -0.505. The number of nitrogens with zero attached hydrogens (tertiary/aromatic N) is 3. The molecule has 0 atom stereocenters. The predicted octanol–water partition coefficient (Wildman–Crippen LogP) is 2.97. The molecule has 1 aromatic heterocycles. The quantitative estimate of drug-likeness (QED) is 0.0753. The number of rotatable bonds is 10. The summed E-state index contributed by atoms with van der Waals surface area (Å²) in [6.07, 6.45) is 2.05. The highest BCUT2D eigenvalue weighted by Gasteiger charge is 2.20. The molecular weight excluding hydrogens is 606 g/mol. The fraction of sp³-hybridized carbons (Fsp3) is 0.212. The van der Waals surface area contributed by atoms with Crippen molar-refractivity contribution in [2.24, 2.45) is 5.10 Å². The Hall–Kier alpha value is -5.86. The van der Waals surface area contributed by atoms with Crippen LogP contribution in [-0.2, 0) is 9.59 Å². The Morgan fingerprint density at radius 2 is 1.38 bits per heavy atom. The lowest BCUT2D eigenvalue weighted by Crippen LogP contribution is -2.50. The van der Waals surface area contributed by atoms with Gasteiger partial charge in [0.15, 0.2) is 0 Å². The molecule has 14 nitrogen and oxygen atoms in total. The number of urea groups is 1. The Kier molecular flexibility index (Phi) is 10.3. The standard InChI is InChI=1S/C33H33N7O7/c1-21-14-32(45)47-29-16-28(42)23(15-27(21)29)17-34-38-31(44)19-40-12-10-39(11-13-40)18-30(43)35-24-6-8-26(9-7-24)37-33(46)36-25-4-2-22(20-41)3-5-25/h2-9,14-17,20,42H,10-13,18-19H2,1H3,(H,35,43)(H,38,44)(H2,36,37,46). The number of anilines is 3. The SMILES string of the molecule is Cc1cc(=O)oc2cc(O)c(C=NNC(=O)CN3CCN(CC(=O)Nc4ccc(NC(=O)Nc5ccc(C=O)cc5)cc4)CC3)cc12. The molecule has 1 aliphatic heterocycles.